The van der Waals surface area contributed by atoms with Gasteiger partial charge in [-0.1, -0.05) is 45.9 Å². The molecule has 0 saturated heterocycles. The third-order valence-electron chi connectivity index (χ3n) is 13.0. The molecule has 0 aliphatic carbocycles. The minimum Gasteiger partial charge on any atom is -0.370 e. The Balaban J connectivity index is 1.72. The van der Waals surface area contributed by atoms with E-state index in [0.717, 1.165) is 10.9 Å². The summed E-state index contributed by atoms with van der Waals surface area (Å²) in [5.41, 5.74) is 24.1. The highest BCUT2D eigenvalue weighted by molar-refractivity contribution is 7.98. The molecule has 0 aliphatic rings. The fraction of sp³-hybridized carbons (Fsp3) is 0.585. The fourth-order valence-corrected chi connectivity index (χ4v) is 8.84. The van der Waals surface area contributed by atoms with Crippen LogP contribution in [-0.2, 0) is 65.6 Å². The normalized spacial score (nSPS) is 13.9. The van der Waals surface area contributed by atoms with Crippen molar-refractivity contribution in [2.24, 2.45) is 40.7 Å². The van der Waals surface area contributed by atoms with E-state index < -0.39 is 114 Å². The molecule has 2 heterocycles. The highest BCUT2D eigenvalue weighted by atomic mass is 32.2. The fourth-order valence-electron chi connectivity index (χ4n) is 8.37. The highest BCUT2D eigenvalue weighted by Crippen LogP contribution is 2.20. The summed E-state index contributed by atoms with van der Waals surface area (Å²) in [5, 5.41) is 24.5. The van der Waals surface area contributed by atoms with Crippen LogP contribution in [0.15, 0.2) is 43.0 Å². The molecule has 0 radical (unpaired) electrons. The number of primary amides is 2. The number of thioether (sulfide) groups is 1. The van der Waals surface area contributed by atoms with Crippen molar-refractivity contribution in [2.45, 2.75) is 141 Å². The molecule has 0 fully saturated rings. The van der Waals surface area contributed by atoms with E-state index in [1.54, 1.807) is 26.1 Å². The smallest absolute Gasteiger partial charge is 0.243 e. The van der Waals surface area contributed by atoms with Gasteiger partial charge in [-0.2, -0.15) is 11.8 Å². The third-order valence-corrected chi connectivity index (χ3v) is 13.7. The molecule has 1 aromatic carbocycles. The summed E-state index contributed by atoms with van der Waals surface area (Å²) in [5.74, 6) is -7.85. The summed E-state index contributed by atoms with van der Waals surface area (Å²) in [7, 11) is 0. The molecule has 0 unspecified atom stereocenters. The number of nitrogens with zero attached hydrogens (tertiary/aromatic N) is 1. The monoisotopic (exact) mass is 1150 g/mol. The largest absolute Gasteiger partial charge is 0.370 e. The quantitative estimate of drug-likeness (QED) is 0.0267. The van der Waals surface area contributed by atoms with Gasteiger partial charge in [0, 0.05) is 67.6 Å². The van der Waals surface area contributed by atoms with E-state index in [-0.39, 0.29) is 88.7 Å². The molecule has 19 N–H and O–H groups in total. The summed E-state index contributed by atoms with van der Waals surface area (Å²) in [4.78, 5) is 156. The SMILES string of the molecule is CSCC[C@H](NC(=O)[C@H](CC(C)C)NC(=O)[C@H](Cc1cnc[nH]1)NC(=O)CNC(=O)[C@@H](NC(=O)[C@H](C)NC(=O)[C@H](Cc1c[nH]c2ccccc12)NC(=O)[C@H](CCC(N)=O)NC(=O)CCCCNC(=O)CC(CN)CN)C(C)C)C(N)=O. The minimum absolute atomic E-state index is 0.0337. The molecule has 0 bridgehead atoms. The third kappa shape index (κ3) is 24.4. The van der Waals surface area contributed by atoms with Crippen LogP contribution < -0.4 is 70.8 Å². The predicted molar refractivity (Wildman–Crippen MR) is 304 cm³/mol. The van der Waals surface area contributed by atoms with E-state index in [1.165, 1.54) is 31.2 Å². The van der Waals surface area contributed by atoms with Crippen molar-refractivity contribution in [3.63, 3.8) is 0 Å². The summed E-state index contributed by atoms with van der Waals surface area (Å²) >= 11 is 1.47. The minimum atomic E-state index is -1.36. The van der Waals surface area contributed by atoms with Crippen molar-refractivity contribution in [1.29, 1.82) is 0 Å². The molecule has 3 rings (SSSR count). The number of hydrogen-bond donors (Lipinski definition) is 15. The van der Waals surface area contributed by atoms with Gasteiger partial charge in [0.2, 0.25) is 65.0 Å². The number of nitrogens with one attached hydrogen (secondary N) is 11. The second kappa shape index (κ2) is 35.2. The van der Waals surface area contributed by atoms with Crippen LogP contribution in [0.1, 0.15) is 97.2 Å². The number of benzene rings is 1. The van der Waals surface area contributed by atoms with Gasteiger partial charge in [0.15, 0.2) is 0 Å². The zero-order valence-electron chi connectivity index (χ0n) is 47.1. The maximum atomic E-state index is 14.2. The molecule has 2 aromatic heterocycles. The number of carbonyl (C=O) groups excluding carboxylic acids is 11. The van der Waals surface area contributed by atoms with E-state index in [4.69, 9.17) is 22.9 Å². The topological polar surface area (TPSA) is 445 Å². The number of carbonyl (C=O) groups is 11. The first-order valence-electron chi connectivity index (χ1n) is 27.1. The number of H-pyrrole nitrogens is 2. The van der Waals surface area contributed by atoms with Crippen LogP contribution in [0.5, 0.6) is 0 Å². The van der Waals surface area contributed by atoms with E-state index in [0.29, 0.717) is 29.9 Å². The number of aromatic nitrogens is 3. The van der Waals surface area contributed by atoms with Gasteiger partial charge in [-0.15, -0.1) is 0 Å². The van der Waals surface area contributed by atoms with Crippen molar-refractivity contribution < 1.29 is 52.7 Å². The van der Waals surface area contributed by atoms with Crippen LogP contribution >= 0.6 is 11.8 Å². The van der Waals surface area contributed by atoms with Crippen molar-refractivity contribution in [3.05, 3.63) is 54.2 Å². The number of amides is 11. The van der Waals surface area contributed by atoms with Gasteiger partial charge in [0.25, 0.3) is 0 Å². The summed E-state index contributed by atoms with van der Waals surface area (Å²) < 4.78 is 0. The van der Waals surface area contributed by atoms with E-state index >= 15 is 0 Å². The molecule has 81 heavy (non-hydrogen) atoms. The zero-order valence-corrected chi connectivity index (χ0v) is 47.9. The lowest BCUT2D eigenvalue weighted by molar-refractivity contribution is -0.135. The van der Waals surface area contributed by atoms with Crippen LogP contribution in [-0.4, -0.2) is 160 Å². The second-order valence-electron chi connectivity index (χ2n) is 20.6. The first-order valence-corrected chi connectivity index (χ1v) is 28.5. The maximum absolute atomic E-state index is 14.2. The molecular weight excluding hydrogens is 1070 g/mol. The number of hydrogen-bond acceptors (Lipinski definition) is 15. The molecule has 28 heteroatoms. The lowest BCUT2D eigenvalue weighted by Gasteiger charge is -2.26. The lowest BCUT2D eigenvalue weighted by atomic mass is 10.0. The Kier molecular flexibility index (Phi) is 29.4. The molecule has 11 amide bonds. The van der Waals surface area contributed by atoms with Crippen molar-refractivity contribution in [3.8, 4) is 0 Å². The molecule has 0 spiro atoms. The molecule has 27 nitrogen and oxygen atoms in total. The predicted octanol–water partition coefficient (Wildman–Crippen LogP) is -2.38. The van der Waals surface area contributed by atoms with Gasteiger partial charge in [-0.05, 0) is 93.5 Å². The Morgan fingerprint density at radius 1 is 0.630 bits per heavy atom. The number of imidazole rings is 1. The number of nitrogens with two attached hydrogens (primary N) is 4. The first-order chi connectivity index (χ1) is 38.5. The number of unbranched alkanes of at least 4 members (excludes halogenated alkanes) is 1. The maximum Gasteiger partial charge on any atom is 0.243 e. The summed E-state index contributed by atoms with van der Waals surface area (Å²) in [6, 6.07) is -1.35. The van der Waals surface area contributed by atoms with Gasteiger partial charge in [0.05, 0.1) is 12.9 Å². The average Bonchev–Trinajstić information content (AvgIpc) is 4.09. The molecule has 0 saturated carbocycles. The molecule has 7 atom stereocenters. The van der Waals surface area contributed by atoms with Crippen molar-refractivity contribution >= 4 is 87.6 Å². The van der Waals surface area contributed by atoms with Gasteiger partial charge < -0.3 is 80.8 Å². The number of fused-ring (bicyclic) bond motifs is 1. The van der Waals surface area contributed by atoms with Gasteiger partial charge in [-0.3, -0.25) is 52.7 Å². The lowest BCUT2D eigenvalue weighted by Crippen LogP contribution is -2.59. The van der Waals surface area contributed by atoms with Crippen LogP contribution in [0.3, 0.4) is 0 Å². The number of rotatable bonds is 38. The zero-order chi connectivity index (χ0) is 60.2. The number of aromatic amines is 2. The van der Waals surface area contributed by atoms with Crippen LogP contribution in [0, 0.1) is 17.8 Å². The van der Waals surface area contributed by atoms with E-state index in [2.05, 4.69) is 62.8 Å². The summed E-state index contributed by atoms with van der Waals surface area (Å²) in [6.45, 7) is 8.50. The standard InChI is InChI=1S/C53H84N16O11S/c1-29(2)19-39(51(78)66-37(47(57)74)16-18-81-6)67-52(79)41(22-34-26-58-28-62-34)65-45(73)27-61-53(80)46(30(3)4)69-48(75)31(5)63-50(77)40(21-33-25-60-36-12-8-7-11-35(33)36)68-49(76)38(14-15-42(56)70)64-43(71)13-9-10-17-59-44(72)20-32(23-54)24-55/h7-8,11-12,25-26,28-32,37-41,46,60H,9-10,13-24,27,54-55H2,1-6H3,(H2,56,70)(H2,57,74)(H,58,62)(H,59,72)(H,61,80)(H,63,77)(H,64,71)(H,65,73)(H,66,78)(H,67,79)(H,68,76)(H,69,75)/t31-,37-,38-,39-,40-,41-,46-/m0/s1. The average molecular weight is 1150 g/mol. The van der Waals surface area contributed by atoms with E-state index in [9.17, 15) is 52.7 Å². The Labute approximate surface area is 475 Å². The molecule has 3 aromatic rings. The molecule has 448 valence electrons. The van der Waals surface area contributed by atoms with E-state index in [1.807, 2.05) is 38.3 Å². The van der Waals surface area contributed by atoms with Crippen molar-refractivity contribution in [2.75, 3.05) is 38.2 Å². The first kappa shape index (κ1) is 67.7. The van der Waals surface area contributed by atoms with Crippen LogP contribution in [0.4, 0.5) is 0 Å². The Morgan fingerprint density at radius 2 is 1.26 bits per heavy atom. The second-order valence-corrected chi connectivity index (χ2v) is 21.6. The Bertz CT molecular complexity index is 2570. The number of para-hydroxylation sites is 1. The van der Waals surface area contributed by atoms with Crippen LogP contribution in [0.25, 0.3) is 10.9 Å². The Hall–Kier alpha value is -7.59. The van der Waals surface area contributed by atoms with Crippen LogP contribution in [0.2, 0.25) is 0 Å². The Morgan fingerprint density at radius 3 is 1.89 bits per heavy atom. The van der Waals surface area contributed by atoms with Gasteiger partial charge in [-0.25, -0.2) is 4.98 Å². The van der Waals surface area contributed by atoms with Crippen molar-refractivity contribution in [1.82, 2.24) is 62.8 Å². The van der Waals surface area contributed by atoms with Gasteiger partial charge in [0.1, 0.15) is 42.3 Å². The highest BCUT2D eigenvalue weighted by Gasteiger charge is 2.34. The van der Waals surface area contributed by atoms with Gasteiger partial charge >= 0.3 is 0 Å². The molecular formula is C53H84N16O11S. The molecule has 0 aliphatic heterocycles. The summed E-state index contributed by atoms with van der Waals surface area (Å²) in [6.07, 6.45) is 7.04.